The molecule has 2 aliphatic heterocycles. The molecule has 2 saturated heterocycles. The first-order valence-corrected chi connectivity index (χ1v) is 12.4. The minimum atomic E-state index is -1.07. The SMILES string of the molecule is COc1cc(/C=C/C(=O)N2CCN(Cc3ccc(F)cc3)C[C@H]2C)c(N2C(=O)NC(C)(C)C2=O)cc1Cl. The van der Waals surface area contributed by atoms with E-state index in [4.69, 9.17) is 16.3 Å². The van der Waals surface area contributed by atoms with Crippen LogP contribution in [0.25, 0.3) is 6.08 Å². The molecule has 8 nitrogen and oxygen atoms in total. The number of ether oxygens (including phenoxy) is 1. The zero-order valence-corrected chi connectivity index (χ0v) is 22.0. The number of hydrogen-bond donors (Lipinski definition) is 1. The van der Waals surface area contributed by atoms with Gasteiger partial charge in [0, 0.05) is 43.9 Å². The predicted molar refractivity (Wildman–Crippen MR) is 140 cm³/mol. The number of methoxy groups -OCH3 is 1. The summed E-state index contributed by atoms with van der Waals surface area (Å²) < 4.78 is 18.5. The quantitative estimate of drug-likeness (QED) is 0.451. The van der Waals surface area contributed by atoms with Crippen molar-refractivity contribution >= 4 is 41.2 Å². The summed E-state index contributed by atoms with van der Waals surface area (Å²) in [6, 6.07) is 8.90. The van der Waals surface area contributed by atoms with E-state index in [-0.39, 0.29) is 28.5 Å². The molecule has 1 N–H and O–H groups in total. The van der Waals surface area contributed by atoms with Gasteiger partial charge in [0.1, 0.15) is 17.1 Å². The van der Waals surface area contributed by atoms with Crippen LogP contribution in [0.3, 0.4) is 0 Å². The molecule has 196 valence electrons. The Balaban J connectivity index is 1.51. The Morgan fingerprint density at radius 1 is 1.22 bits per heavy atom. The highest BCUT2D eigenvalue weighted by atomic mass is 35.5. The molecule has 2 aromatic rings. The molecule has 4 amide bonds. The summed E-state index contributed by atoms with van der Waals surface area (Å²) in [5, 5.41) is 2.89. The third-order valence-electron chi connectivity index (χ3n) is 6.62. The Labute approximate surface area is 220 Å². The zero-order valence-electron chi connectivity index (χ0n) is 21.3. The fourth-order valence-electron chi connectivity index (χ4n) is 4.62. The summed E-state index contributed by atoms with van der Waals surface area (Å²) in [5.74, 6) is -0.525. The lowest BCUT2D eigenvalue weighted by Crippen LogP contribution is -2.53. The molecule has 2 fully saturated rings. The van der Waals surface area contributed by atoms with Gasteiger partial charge < -0.3 is 15.0 Å². The number of carbonyl (C=O) groups excluding carboxylic acids is 3. The van der Waals surface area contributed by atoms with Crippen molar-refractivity contribution in [2.24, 2.45) is 0 Å². The summed E-state index contributed by atoms with van der Waals surface area (Å²) in [6.07, 6.45) is 3.00. The van der Waals surface area contributed by atoms with Gasteiger partial charge in [-0.1, -0.05) is 23.7 Å². The molecule has 0 saturated carbocycles. The normalized spacial score (nSPS) is 20.0. The van der Waals surface area contributed by atoms with Gasteiger partial charge in [-0.2, -0.15) is 0 Å². The Bertz CT molecular complexity index is 1250. The molecule has 0 radical (unpaired) electrons. The number of imide groups is 1. The van der Waals surface area contributed by atoms with Crippen LogP contribution in [0.5, 0.6) is 5.75 Å². The van der Waals surface area contributed by atoms with Crippen LogP contribution in [-0.4, -0.2) is 66.0 Å². The van der Waals surface area contributed by atoms with Gasteiger partial charge in [0.15, 0.2) is 0 Å². The van der Waals surface area contributed by atoms with Gasteiger partial charge in [-0.25, -0.2) is 14.1 Å². The molecule has 2 aromatic carbocycles. The number of anilines is 1. The summed E-state index contributed by atoms with van der Waals surface area (Å²) in [4.78, 5) is 43.7. The van der Waals surface area contributed by atoms with Crippen molar-refractivity contribution < 1.29 is 23.5 Å². The number of urea groups is 1. The second-order valence-electron chi connectivity index (χ2n) is 9.82. The summed E-state index contributed by atoms with van der Waals surface area (Å²) in [6.45, 7) is 7.78. The highest BCUT2D eigenvalue weighted by Crippen LogP contribution is 2.36. The van der Waals surface area contributed by atoms with Gasteiger partial charge in [-0.05, 0) is 56.7 Å². The number of rotatable bonds is 6. The van der Waals surface area contributed by atoms with Gasteiger partial charge in [0.25, 0.3) is 5.91 Å². The molecule has 0 bridgehead atoms. The lowest BCUT2D eigenvalue weighted by atomic mass is 10.1. The Kier molecular flexibility index (Phi) is 7.57. The van der Waals surface area contributed by atoms with Crippen molar-refractivity contribution in [3.8, 4) is 5.75 Å². The van der Waals surface area contributed by atoms with E-state index in [1.165, 1.54) is 31.4 Å². The molecule has 0 unspecified atom stereocenters. The fourth-order valence-corrected chi connectivity index (χ4v) is 4.85. The van der Waals surface area contributed by atoms with Crippen molar-refractivity contribution in [2.45, 2.75) is 38.9 Å². The molecular formula is C27H30ClFN4O4. The van der Waals surface area contributed by atoms with E-state index < -0.39 is 17.5 Å². The van der Waals surface area contributed by atoms with Crippen molar-refractivity contribution in [1.82, 2.24) is 15.1 Å². The van der Waals surface area contributed by atoms with Crippen LogP contribution in [-0.2, 0) is 16.1 Å². The van der Waals surface area contributed by atoms with Crippen molar-refractivity contribution in [3.05, 3.63) is 64.4 Å². The maximum atomic E-state index is 13.2. The van der Waals surface area contributed by atoms with Crippen LogP contribution in [0.2, 0.25) is 5.02 Å². The van der Waals surface area contributed by atoms with Gasteiger partial charge in [0.2, 0.25) is 5.91 Å². The summed E-state index contributed by atoms with van der Waals surface area (Å²) >= 11 is 6.31. The van der Waals surface area contributed by atoms with E-state index in [0.29, 0.717) is 37.5 Å². The molecule has 0 aromatic heterocycles. The van der Waals surface area contributed by atoms with Crippen LogP contribution < -0.4 is 15.0 Å². The number of nitrogens with one attached hydrogen (secondary N) is 1. The number of amides is 4. The fraction of sp³-hybridized carbons (Fsp3) is 0.370. The number of benzene rings is 2. The van der Waals surface area contributed by atoms with Crippen LogP contribution in [0.1, 0.15) is 31.9 Å². The maximum Gasteiger partial charge on any atom is 0.329 e. The zero-order chi connectivity index (χ0) is 26.9. The third-order valence-corrected chi connectivity index (χ3v) is 6.92. The monoisotopic (exact) mass is 528 g/mol. The standard InChI is InChI=1S/C27H30ClFN4O4/c1-17-15-31(16-18-5-8-20(29)9-6-18)11-12-32(17)24(34)10-7-19-13-23(37-4)21(28)14-22(19)33-25(35)27(2,3)30-26(33)36/h5-10,13-14,17H,11-12,15-16H2,1-4H3,(H,30,36)/b10-7+/t17-/m1/s1. The van der Waals surface area contributed by atoms with Gasteiger partial charge >= 0.3 is 6.03 Å². The van der Waals surface area contributed by atoms with Crippen LogP contribution in [0, 0.1) is 5.82 Å². The minimum Gasteiger partial charge on any atom is -0.495 e. The predicted octanol–water partition coefficient (Wildman–Crippen LogP) is 4.07. The average molecular weight is 529 g/mol. The minimum absolute atomic E-state index is 0.0442. The molecule has 4 rings (SSSR count). The van der Waals surface area contributed by atoms with E-state index in [2.05, 4.69) is 10.2 Å². The second kappa shape index (κ2) is 10.5. The first-order chi connectivity index (χ1) is 17.5. The first-order valence-electron chi connectivity index (χ1n) is 12.0. The number of carbonyl (C=O) groups is 3. The molecule has 2 aliphatic rings. The first kappa shape index (κ1) is 26.6. The molecule has 0 aliphatic carbocycles. The maximum absolute atomic E-state index is 13.2. The highest BCUT2D eigenvalue weighted by molar-refractivity contribution is 6.33. The van der Waals surface area contributed by atoms with Crippen molar-refractivity contribution in [1.29, 1.82) is 0 Å². The third kappa shape index (κ3) is 5.62. The van der Waals surface area contributed by atoms with E-state index >= 15 is 0 Å². The molecule has 37 heavy (non-hydrogen) atoms. The number of nitrogens with zero attached hydrogens (tertiary/aromatic N) is 3. The summed E-state index contributed by atoms with van der Waals surface area (Å²) in [7, 11) is 1.46. The van der Waals surface area contributed by atoms with Crippen LogP contribution in [0.4, 0.5) is 14.9 Å². The smallest absolute Gasteiger partial charge is 0.329 e. The topological polar surface area (TPSA) is 82.2 Å². The van der Waals surface area contributed by atoms with Crippen LogP contribution in [0.15, 0.2) is 42.5 Å². The molecule has 1 atom stereocenters. The lowest BCUT2D eigenvalue weighted by Gasteiger charge is -2.39. The number of hydrogen-bond acceptors (Lipinski definition) is 5. The highest BCUT2D eigenvalue weighted by Gasteiger charge is 2.45. The van der Waals surface area contributed by atoms with Crippen molar-refractivity contribution in [3.63, 3.8) is 0 Å². The average Bonchev–Trinajstić information content (AvgIpc) is 3.05. The number of halogens is 2. The molecular weight excluding hydrogens is 499 g/mol. The van der Waals surface area contributed by atoms with E-state index in [0.717, 1.165) is 10.5 Å². The lowest BCUT2D eigenvalue weighted by molar-refractivity contribution is -0.130. The molecule has 0 spiro atoms. The van der Waals surface area contributed by atoms with E-state index in [1.807, 2.05) is 6.92 Å². The van der Waals surface area contributed by atoms with Gasteiger partial charge in [-0.3, -0.25) is 14.5 Å². The summed E-state index contributed by atoms with van der Waals surface area (Å²) in [5.41, 5.74) is 0.656. The van der Waals surface area contributed by atoms with E-state index in [9.17, 15) is 18.8 Å². The Morgan fingerprint density at radius 3 is 2.51 bits per heavy atom. The largest absolute Gasteiger partial charge is 0.495 e. The number of piperazine rings is 1. The second-order valence-corrected chi connectivity index (χ2v) is 10.2. The van der Waals surface area contributed by atoms with Crippen molar-refractivity contribution in [2.75, 3.05) is 31.6 Å². The van der Waals surface area contributed by atoms with Gasteiger partial charge in [0.05, 0.1) is 17.8 Å². The van der Waals surface area contributed by atoms with Crippen LogP contribution >= 0.6 is 11.6 Å². The molecule has 10 heteroatoms. The Hall–Kier alpha value is -3.43. The Morgan fingerprint density at radius 2 is 1.92 bits per heavy atom. The van der Waals surface area contributed by atoms with E-state index in [1.54, 1.807) is 43.0 Å². The van der Waals surface area contributed by atoms with Gasteiger partial charge in [-0.15, -0.1) is 0 Å². The molecule has 2 heterocycles.